The predicted octanol–water partition coefficient (Wildman–Crippen LogP) is 3.55. The van der Waals surface area contributed by atoms with Crippen LogP contribution in [-0.2, 0) is 19.1 Å². The van der Waals surface area contributed by atoms with E-state index >= 15 is 0 Å². The molecule has 0 aliphatic carbocycles. The van der Waals surface area contributed by atoms with Crippen LogP contribution in [0.5, 0.6) is 0 Å². The lowest BCUT2D eigenvalue weighted by Crippen LogP contribution is -2.77. The number of nitrogens with zero attached hydrogens (tertiary/aromatic N) is 1. The molecule has 3 unspecified atom stereocenters. The number of hydrogen-bond donors (Lipinski definition) is 1. The number of ether oxygens (including phenoxy) is 2. The van der Waals surface area contributed by atoms with E-state index in [-0.39, 0.29) is 12.5 Å². The van der Waals surface area contributed by atoms with E-state index in [0.717, 1.165) is 16.7 Å². The SMILES string of the molecule is C=C1COC2C(NC(=O)c3ccc(C)cc3)C(=O)N2C1C(=O)OC(c1ccccc1)c1ccccc1. The minimum absolute atomic E-state index is 0.0758. The Morgan fingerprint density at radius 2 is 1.56 bits per heavy atom. The molecule has 1 N–H and O–H groups in total. The summed E-state index contributed by atoms with van der Waals surface area (Å²) in [5.41, 5.74) is 3.51. The van der Waals surface area contributed by atoms with Crippen LogP contribution < -0.4 is 5.32 Å². The Kier molecular flexibility index (Phi) is 6.40. The van der Waals surface area contributed by atoms with Gasteiger partial charge < -0.3 is 14.8 Å². The molecule has 36 heavy (non-hydrogen) atoms. The van der Waals surface area contributed by atoms with Gasteiger partial charge in [-0.05, 0) is 35.8 Å². The van der Waals surface area contributed by atoms with E-state index in [0.29, 0.717) is 11.1 Å². The zero-order valence-electron chi connectivity index (χ0n) is 19.8. The van der Waals surface area contributed by atoms with Crippen molar-refractivity contribution in [2.75, 3.05) is 6.61 Å². The molecule has 7 heteroatoms. The number of amides is 2. The van der Waals surface area contributed by atoms with Crippen LogP contribution in [0.15, 0.2) is 97.1 Å². The lowest BCUT2D eigenvalue weighted by molar-refractivity contribution is -0.204. The highest BCUT2D eigenvalue weighted by Gasteiger charge is 2.57. The van der Waals surface area contributed by atoms with Crippen molar-refractivity contribution in [3.05, 3.63) is 119 Å². The van der Waals surface area contributed by atoms with Crippen molar-refractivity contribution < 1.29 is 23.9 Å². The second kappa shape index (κ2) is 9.79. The first-order valence-electron chi connectivity index (χ1n) is 11.7. The molecule has 3 atom stereocenters. The van der Waals surface area contributed by atoms with E-state index in [9.17, 15) is 14.4 Å². The van der Waals surface area contributed by atoms with Crippen molar-refractivity contribution in [1.29, 1.82) is 0 Å². The van der Waals surface area contributed by atoms with Crippen molar-refractivity contribution in [2.24, 2.45) is 0 Å². The van der Waals surface area contributed by atoms with Gasteiger partial charge in [-0.3, -0.25) is 14.5 Å². The van der Waals surface area contributed by atoms with Gasteiger partial charge in [0.2, 0.25) is 0 Å². The number of fused-ring (bicyclic) bond motifs is 1. The molecule has 2 heterocycles. The highest BCUT2D eigenvalue weighted by molar-refractivity contribution is 6.01. The second-order valence-corrected chi connectivity index (χ2v) is 8.96. The van der Waals surface area contributed by atoms with Gasteiger partial charge in [-0.2, -0.15) is 0 Å². The Bertz CT molecular complexity index is 1250. The lowest BCUT2D eigenvalue weighted by atomic mass is 9.94. The smallest absolute Gasteiger partial charge is 0.334 e. The molecule has 0 bridgehead atoms. The minimum atomic E-state index is -1.00. The average molecular weight is 483 g/mol. The molecule has 2 aliphatic heterocycles. The minimum Gasteiger partial charge on any atom is -0.451 e. The molecule has 3 aromatic rings. The Morgan fingerprint density at radius 1 is 0.972 bits per heavy atom. The largest absolute Gasteiger partial charge is 0.451 e. The number of aryl methyl sites for hydroxylation is 1. The first kappa shape index (κ1) is 23.5. The van der Waals surface area contributed by atoms with Crippen LogP contribution in [0.4, 0.5) is 0 Å². The summed E-state index contributed by atoms with van der Waals surface area (Å²) in [6, 6.07) is 24.0. The monoisotopic (exact) mass is 482 g/mol. The van der Waals surface area contributed by atoms with Crippen molar-refractivity contribution in [3.8, 4) is 0 Å². The van der Waals surface area contributed by atoms with Crippen LogP contribution in [0.3, 0.4) is 0 Å². The Hall–Kier alpha value is -4.23. The molecule has 3 aromatic carbocycles. The predicted molar refractivity (Wildman–Crippen MR) is 133 cm³/mol. The van der Waals surface area contributed by atoms with Gasteiger partial charge in [-0.1, -0.05) is 84.9 Å². The number of carbonyl (C=O) groups excluding carboxylic acids is 3. The Labute approximate surface area is 209 Å². The van der Waals surface area contributed by atoms with E-state index in [1.165, 1.54) is 4.90 Å². The second-order valence-electron chi connectivity index (χ2n) is 8.96. The molecular weight excluding hydrogens is 456 g/mol. The molecule has 0 aromatic heterocycles. The Balaban J connectivity index is 1.33. The molecule has 5 rings (SSSR count). The third-order valence-electron chi connectivity index (χ3n) is 6.45. The van der Waals surface area contributed by atoms with Crippen molar-refractivity contribution in [3.63, 3.8) is 0 Å². The third-order valence-corrected chi connectivity index (χ3v) is 6.45. The summed E-state index contributed by atoms with van der Waals surface area (Å²) in [5, 5.41) is 2.73. The summed E-state index contributed by atoms with van der Waals surface area (Å²) in [5.74, 6) is -1.39. The van der Waals surface area contributed by atoms with E-state index in [2.05, 4.69) is 11.9 Å². The Morgan fingerprint density at radius 3 is 2.14 bits per heavy atom. The summed E-state index contributed by atoms with van der Waals surface area (Å²) in [4.78, 5) is 40.5. The summed E-state index contributed by atoms with van der Waals surface area (Å²) in [7, 11) is 0. The van der Waals surface area contributed by atoms with Gasteiger partial charge in [0.1, 0.15) is 0 Å². The molecule has 2 fully saturated rings. The van der Waals surface area contributed by atoms with Gasteiger partial charge in [0.15, 0.2) is 24.4 Å². The zero-order valence-corrected chi connectivity index (χ0v) is 19.8. The van der Waals surface area contributed by atoms with E-state index in [4.69, 9.17) is 9.47 Å². The summed E-state index contributed by atoms with van der Waals surface area (Å²) < 4.78 is 11.8. The number of benzene rings is 3. The fourth-order valence-electron chi connectivity index (χ4n) is 4.51. The number of esters is 1. The summed E-state index contributed by atoms with van der Waals surface area (Å²) >= 11 is 0. The van der Waals surface area contributed by atoms with Gasteiger partial charge in [0.05, 0.1) is 6.61 Å². The standard InChI is InChI=1S/C29H26N2O5/c1-18-13-15-22(16-14-18)26(32)30-23-27(33)31-24(19(2)17-35-28(23)31)29(34)36-25(20-9-5-3-6-10-20)21-11-7-4-8-12-21/h3-16,23-25,28H,2,17H2,1H3,(H,30,32). The van der Waals surface area contributed by atoms with E-state index in [1.807, 2.05) is 79.7 Å². The van der Waals surface area contributed by atoms with Crippen LogP contribution in [-0.4, -0.2) is 47.6 Å². The normalized spacial score (nSPS) is 20.9. The fourth-order valence-corrected chi connectivity index (χ4v) is 4.51. The summed E-state index contributed by atoms with van der Waals surface area (Å²) in [6.45, 7) is 5.96. The zero-order chi connectivity index (χ0) is 25.2. The van der Waals surface area contributed by atoms with Gasteiger partial charge in [0.25, 0.3) is 11.8 Å². The number of carbonyl (C=O) groups is 3. The molecule has 7 nitrogen and oxygen atoms in total. The number of hydrogen-bond acceptors (Lipinski definition) is 5. The van der Waals surface area contributed by atoms with Crippen LogP contribution in [0, 0.1) is 6.92 Å². The molecule has 0 spiro atoms. The van der Waals surface area contributed by atoms with Crippen LogP contribution in [0.2, 0.25) is 0 Å². The maximum Gasteiger partial charge on any atom is 0.334 e. The molecule has 0 radical (unpaired) electrons. The van der Waals surface area contributed by atoms with Gasteiger partial charge >= 0.3 is 5.97 Å². The molecule has 0 saturated carbocycles. The van der Waals surface area contributed by atoms with Crippen LogP contribution >= 0.6 is 0 Å². The van der Waals surface area contributed by atoms with Gasteiger partial charge in [0, 0.05) is 5.56 Å². The first-order chi connectivity index (χ1) is 17.4. The number of rotatable bonds is 6. The van der Waals surface area contributed by atoms with Crippen LogP contribution in [0.1, 0.15) is 33.2 Å². The third kappa shape index (κ3) is 4.41. The molecule has 182 valence electrons. The molecular formula is C29H26N2O5. The van der Waals surface area contributed by atoms with E-state index < -0.39 is 36.3 Å². The molecule has 2 aliphatic rings. The topological polar surface area (TPSA) is 84.9 Å². The number of β-lactam (4-membered cyclic amide) rings is 1. The average Bonchev–Trinajstić information content (AvgIpc) is 2.91. The van der Waals surface area contributed by atoms with Crippen LogP contribution in [0.25, 0.3) is 0 Å². The van der Waals surface area contributed by atoms with Gasteiger partial charge in [-0.25, -0.2) is 4.79 Å². The number of nitrogens with one attached hydrogen (secondary N) is 1. The summed E-state index contributed by atoms with van der Waals surface area (Å²) in [6.07, 6.45) is -1.43. The fraction of sp³-hybridized carbons (Fsp3) is 0.207. The van der Waals surface area contributed by atoms with Crippen molar-refractivity contribution >= 4 is 17.8 Å². The molecule has 2 saturated heterocycles. The van der Waals surface area contributed by atoms with Crippen molar-refractivity contribution in [2.45, 2.75) is 31.3 Å². The highest BCUT2D eigenvalue weighted by atomic mass is 16.6. The van der Waals surface area contributed by atoms with Crippen molar-refractivity contribution in [1.82, 2.24) is 10.2 Å². The van der Waals surface area contributed by atoms with E-state index in [1.54, 1.807) is 12.1 Å². The molecule has 2 amide bonds. The first-order valence-corrected chi connectivity index (χ1v) is 11.7. The lowest BCUT2D eigenvalue weighted by Gasteiger charge is -2.52. The van der Waals surface area contributed by atoms with Gasteiger partial charge in [-0.15, -0.1) is 0 Å². The maximum absolute atomic E-state index is 13.5. The highest BCUT2D eigenvalue weighted by Crippen LogP contribution is 2.35. The quantitative estimate of drug-likeness (QED) is 0.330. The maximum atomic E-state index is 13.5.